The quantitative estimate of drug-likeness (QED) is 0.617. The summed E-state index contributed by atoms with van der Waals surface area (Å²) < 4.78 is 1.03. The molecule has 116 valence electrons. The number of quaternary nitrogens is 1. The van der Waals surface area contributed by atoms with Gasteiger partial charge in [-0.1, -0.05) is 31.2 Å². The Morgan fingerprint density at radius 2 is 2.09 bits per heavy atom. The molecule has 5 rings (SSSR count). The fourth-order valence-electron chi connectivity index (χ4n) is 6.11. The highest BCUT2D eigenvalue weighted by molar-refractivity contribution is 5.63. The largest absolute Gasteiger partial charge is 0.377 e. The minimum Gasteiger partial charge on any atom is -0.377 e. The third-order valence-electron chi connectivity index (χ3n) is 7.34. The van der Waals surface area contributed by atoms with Crippen LogP contribution < -0.4 is 5.32 Å². The van der Waals surface area contributed by atoms with Gasteiger partial charge in [-0.25, -0.2) is 0 Å². The Morgan fingerprint density at radius 3 is 2.95 bits per heavy atom. The molecule has 3 nitrogen and oxygen atoms in total. The zero-order valence-electron chi connectivity index (χ0n) is 13.3. The Kier molecular flexibility index (Phi) is 2.25. The molecule has 0 saturated carbocycles. The molecular formula is C19H25N2O+. The van der Waals surface area contributed by atoms with Crippen LogP contribution in [-0.2, 0) is 5.60 Å². The van der Waals surface area contributed by atoms with E-state index in [1.54, 1.807) is 0 Å². The predicted molar refractivity (Wildman–Crippen MR) is 87.3 cm³/mol. The van der Waals surface area contributed by atoms with Gasteiger partial charge < -0.3 is 10.4 Å². The van der Waals surface area contributed by atoms with Crippen molar-refractivity contribution < 1.29 is 9.59 Å². The fraction of sp³-hybridized carbons (Fsp3) is 0.579. The van der Waals surface area contributed by atoms with Gasteiger partial charge >= 0.3 is 0 Å². The van der Waals surface area contributed by atoms with Gasteiger partial charge in [0.05, 0.1) is 19.6 Å². The summed E-state index contributed by atoms with van der Waals surface area (Å²) in [6.45, 7) is 5.65. The number of para-hydroxylation sites is 1. The number of nitrogens with zero attached hydrogens (tertiary/aromatic N) is 1. The van der Waals surface area contributed by atoms with Crippen LogP contribution in [0.15, 0.2) is 36.4 Å². The molecule has 4 atom stereocenters. The predicted octanol–water partition coefficient (Wildman–Crippen LogP) is 2.98. The van der Waals surface area contributed by atoms with Crippen molar-refractivity contribution in [2.75, 3.05) is 25.0 Å². The van der Waals surface area contributed by atoms with Gasteiger partial charge in [0.1, 0.15) is 0 Å². The highest BCUT2D eigenvalue weighted by Crippen LogP contribution is 2.63. The smallest absolute Gasteiger partial charge is 0.206 e. The second-order valence-corrected chi connectivity index (χ2v) is 7.97. The van der Waals surface area contributed by atoms with Gasteiger partial charge in [-0.15, -0.1) is 0 Å². The molecule has 2 N–H and O–H groups in total. The molecule has 0 radical (unpaired) electrons. The number of benzene rings is 1. The number of hydrogen-bond acceptors (Lipinski definition) is 2. The lowest BCUT2D eigenvalue weighted by Gasteiger charge is -2.59. The highest BCUT2D eigenvalue weighted by Gasteiger charge is 2.75. The van der Waals surface area contributed by atoms with Crippen molar-refractivity contribution in [2.24, 2.45) is 5.41 Å². The summed E-state index contributed by atoms with van der Waals surface area (Å²) in [6, 6.07) is 8.40. The first-order valence-electron chi connectivity index (χ1n) is 8.73. The minimum atomic E-state index is -0.700. The normalized spacial score (nSPS) is 47.5. The average Bonchev–Trinajstić information content (AvgIpc) is 2.94. The maximum Gasteiger partial charge on any atom is 0.206 e. The van der Waals surface area contributed by atoms with E-state index < -0.39 is 5.60 Å². The third kappa shape index (κ3) is 1.20. The van der Waals surface area contributed by atoms with E-state index in [0.29, 0.717) is 5.41 Å². The van der Waals surface area contributed by atoms with Crippen LogP contribution in [0.5, 0.6) is 0 Å². The topological polar surface area (TPSA) is 32.3 Å². The van der Waals surface area contributed by atoms with Crippen LogP contribution in [0.2, 0.25) is 0 Å². The summed E-state index contributed by atoms with van der Waals surface area (Å²) in [5.74, 6) is 0. The minimum absolute atomic E-state index is 0.208. The molecule has 4 aliphatic rings. The summed E-state index contributed by atoms with van der Waals surface area (Å²) in [5.41, 5.74) is 1.73. The van der Waals surface area contributed by atoms with Crippen molar-refractivity contribution in [2.45, 2.75) is 43.9 Å². The second kappa shape index (κ2) is 3.77. The second-order valence-electron chi connectivity index (χ2n) is 7.97. The van der Waals surface area contributed by atoms with Gasteiger partial charge in [-0.2, -0.15) is 0 Å². The molecule has 2 saturated heterocycles. The third-order valence-corrected chi connectivity index (χ3v) is 7.34. The number of rotatable bonds is 1. The van der Waals surface area contributed by atoms with E-state index in [1.165, 1.54) is 19.4 Å². The van der Waals surface area contributed by atoms with E-state index in [4.69, 9.17) is 0 Å². The average molecular weight is 297 g/mol. The fourth-order valence-corrected chi connectivity index (χ4v) is 6.11. The summed E-state index contributed by atoms with van der Waals surface area (Å²) in [7, 11) is 0. The number of hydrogen-bond donors (Lipinski definition) is 2. The van der Waals surface area contributed by atoms with Crippen molar-refractivity contribution in [1.29, 1.82) is 0 Å². The zero-order chi connectivity index (χ0) is 15.1. The first-order valence-corrected chi connectivity index (χ1v) is 8.73. The Hall–Kier alpha value is -1.32. The van der Waals surface area contributed by atoms with Crippen LogP contribution in [0.1, 0.15) is 38.2 Å². The van der Waals surface area contributed by atoms with Gasteiger partial charge in [0, 0.05) is 29.5 Å². The lowest BCUT2D eigenvalue weighted by atomic mass is 9.68. The molecule has 4 heterocycles. The first kappa shape index (κ1) is 13.1. The van der Waals surface area contributed by atoms with Crippen molar-refractivity contribution in [3.63, 3.8) is 0 Å². The van der Waals surface area contributed by atoms with E-state index in [-0.39, 0.29) is 5.66 Å². The number of anilines is 1. The number of aliphatic hydroxyl groups is 1. The van der Waals surface area contributed by atoms with Crippen molar-refractivity contribution in [3.8, 4) is 0 Å². The molecule has 4 aliphatic heterocycles. The summed E-state index contributed by atoms with van der Waals surface area (Å²) in [4.78, 5) is 0. The Labute approximate surface area is 132 Å². The molecule has 0 aliphatic carbocycles. The maximum absolute atomic E-state index is 11.7. The summed E-state index contributed by atoms with van der Waals surface area (Å²) in [6.07, 6.45) is 9.21. The maximum atomic E-state index is 11.7. The number of fused-ring (bicyclic) bond motifs is 3. The Balaban J connectivity index is 1.70. The van der Waals surface area contributed by atoms with E-state index in [2.05, 4.69) is 48.7 Å². The van der Waals surface area contributed by atoms with Gasteiger partial charge in [-0.05, 0) is 25.0 Å². The van der Waals surface area contributed by atoms with E-state index in [1.807, 2.05) is 0 Å². The van der Waals surface area contributed by atoms with Gasteiger partial charge in [-0.3, -0.25) is 4.48 Å². The van der Waals surface area contributed by atoms with Crippen LogP contribution in [-0.4, -0.2) is 34.9 Å². The summed E-state index contributed by atoms with van der Waals surface area (Å²) in [5, 5.41) is 15.6. The van der Waals surface area contributed by atoms with Crippen LogP contribution in [0, 0.1) is 5.41 Å². The monoisotopic (exact) mass is 297 g/mol. The molecule has 22 heavy (non-hydrogen) atoms. The lowest BCUT2D eigenvalue weighted by molar-refractivity contribution is -0.972. The van der Waals surface area contributed by atoms with Crippen LogP contribution >= 0.6 is 0 Å². The van der Waals surface area contributed by atoms with Crippen LogP contribution in [0.4, 0.5) is 5.69 Å². The highest BCUT2D eigenvalue weighted by atomic mass is 16.3. The van der Waals surface area contributed by atoms with Crippen molar-refractivity contribution in [1.82, 2.24) is 0 Å². The van der Waals surface area contributed by atoms with Gasteiger partial charge in [0.25, 0.3) is 0 Å². The van der Waals surface area contributed by atoms with E-state index in [9.17, 15) is 5.11 Å². The molecule has 2 spiro atoms. The standard InChI is InChI=1S/C19H25N2O/c1-2-17-8-5-12-21(14-17)13-11-18(22)15-6-3-4-7-16(15)20-19(18,21)10-9-17/h3-8,20,22H,2,9-14H2,1H3/q+1/t17-,18-,19+,21+/m0/s1. The SMILES string of the molecule is CC[C@]12C=CC[N@@+]3(CC[C@]4(O)c5ccccc5N[C@@]43CC1)C2. The Morgan fingerprint density at radius 1 is 1.23 bits per heavy atom. The molecule has 2 bridgehead atoms. The number of piperidine rings is 1. The molecule has 0 amide bonds. The lowest BCUT2D eigenvalue weighted by Crippen LogP contribution is -2.74. The first-order chi connectivity index (χ1) is 10.6. The molecular weight excluding hydrogens is 272 g/mol. The molecule has 1 aromatic rings. The molecule has 0 aromatic heterocycles. The van der Waals surface area contributed by atoms with Gasteiger partial charge in [0.15, 0.2) is 5.60 Å². The van der Waals surface area contributed by atoms with Crippen molar-refractivity contribution >= 4 is 5.69 Å². The zero-order valence-corrected chi connectivity index (χ0v) is 13.3. The molecule has 3 heteroatoms. The summed E-state index contributed by atoms with van der Waals surface area (Å²) >= 11 is 0. The van der Waals surface area contributed by atoms with Crippen LogP contribution in [0.25, 0.3) is 0 Å². The Bertz CT molecular complexity index is 686. The van der Waals surface area contributed by atoms with Gasteiger partial charge in [0.2, 0.25) is 5.66 Å². The number of nitrogens with one attached hydrogen (secondary N) is 1. The molecule has 1 aromatic carbocycles. The van der Waals surface area contributed by atoms with E-state index in [0.717, 1.165) is 41.7 Å². The molecule has 0 unspecified atom stereocenters. The van der Waals surface area contributed by atoms with Crippen molar-refractivity contribution in [3.05, 3.63) is 42.0 Å². The van der Waals surface area contributed by atoms with Crippen LogP contribution in [0.3, 0.4) is 0 Å². The molecule has 2 fully saturated rings. The van der Waals surface area contributed by atoms with E-state index >= 15 is 0 Å².